The van der Waals surface area contributed by atoms with Crippen molar-refractivity contribution in [3.05, 3.63) is 51.2 Å². The first-order chi connectivity index (χ1) is 15.2. The van der Waals surface area contributed by atoms with Crippen LogP contribution in [0.15, 0.2) is 29.6 Å². The van der Waals surface area contributed by atoms with Gasteiger partial charge in [-0.2, -0.15) is 18.4 Å². The Kier molecular flexibility index (Phi) is 5.94. The normalized spacial score (nSPS) is 20.6. The van der Waals surface area contributed by atoms with Gasteiger partial charge in [-0.05, 0) is 60.4 Å². The van der Waals surface area contributed by atoms with Gasteiger partial charge in [-0.15, -0.1) is 11.3 Å². The number of nitriles is 1. The van der Waals surface area contributed by atoms with Crippen molar-refractivity contribution in [2.24, 2.45) is 11.3 Å². The zero-order valence-corrected chi connectivity index (χ0v) is 18.5. The molecule has 0 saturated carbocycles. The number of aliphatic hydroxyl groups excluding tert-OH is 1. The topological polar surface area (TPSA) is 67.6 Å². The lowest BCUT2D eigenvalue weighted by atomic mass is 9.71. The van der Waals surface area contributed by atoms with E-state index < -0.39 is 11.7 Å². The van der Waals surface area contributed by atoms with Crippen molar-refractivity contribution in [3.63, 3.8) is 0 Å². The number of hydrogen-bond acceptors (Lipinski definition) is 5. The molecule has 1 N–H and O–H groups in total. The van der Waals surface area contributed by atoms with Gasteiger partial charge in [-0.3, -0.25) is 4.79 Å². The Balaban J connectivity index is 1.51. The second-order valence-corrected chi connectivity index (χ2v) is 9.60. The quantitative estimate of drug-likeness (QED) is 0.737. The molecule has 0 bridgehead atoms. The molecule has 2 saturated heterocycles. The van der Waals surface area contributed by atoms with Crippen LogP contribution in [0.25, 0.3) is 0 Å². The van der Waals surface area contributed by atoms with Crippen molar-refractivity contribution in [2.45, 2.75) is 25.9 Å². The molecule has 2 aliphatic heterocycles. The fourth-order valence-corrected chi connectivity index (χ4v) is 5.90. The second-order valence-electron chi connectivity index (χ2n) is 8.69. The van der Waals surface area contributed by atoms with Gasteiger partial charge in [0, 0.05) is 44.4 Å². The number of aryl methyl sites for hydroxylation is 1. The zero-order valence-electron chi connectivity index (χ0n) is 17.7. The van der Waals surface area contributed by atoms with Crippen LogP contribution in [0.4, 0.5) is 18.9 Å². The molecule has 4 rings (SSSR count). The molecule has 2 aliphatic rings. The summed E-state index contributed by atoms with van der Waals surface area (Å²) in [5.41, 5.74) is -0.172. The predicted octanol–water partition coefficient (Wildman–Crippen LogP) is 4.30. The molecule has 1 aromatic carbocycles. The third-order valence-electron chi connectivity index (χ3n) is 6.93. The molecule has 32 heavy (non-hydrogen) atoms. The minimum absolute atomic E-state index is 0.0165. The number of amides is 1. The van der Waals surface area contributed by atoms with E-state index in [1.807, 2.05) is 28.2 Å². The number of rotatable bonds is 3. The highest BCUT2D eigenvalue weighted by Gasteiger charge is 2.49. The Labute approximate surface area is 188 Å². The van der Waals surface area contributed by atoms with Crippen LogP contribution in [0, 0.1) is 29.6 Å². The van der Waals surface area contributed by atoms with E-state index in [0.29, 0.717) is 49.6 Å². The van der Waals surface area contributed by atoms with Crippen LogP contribution in [0.1, 0.15) is 39.2 Å². The molecule has 1 amide bonds. The number of halogens is 3. The molecular formula is C23H24F3N3O2S. The van der Waals surface area contributed by atoms with Gasteiger partial charge >= 0.3 is 6.18 Å². The van der Waals surface area contributed by atoms with E-state index in [4.69, 9.17) is 5.26 Å². The van der Waals surface area contributed by atoms with E-state index >= 15 is 0 Å². The van der Waals surface area contributed by atoms with Gasteiger partial charge < -0.3 is 14.9 Å². The molecule has 1 aromatic heterocycles. The van der Waals surface area contributed by atoms with E-state index in [1.54, 1.807) is 12.1 Å². The SMILES string of the molecule is Cc1ccsc1C(=O)N1C[C@@H](CO)C2(CCN(c3ccc(C#N)c(C(F)(F)F)c3)CC2)C1. The van der Waals surface area contributed by atoms with Gasteiger partial charge in [0.15, 0.2) is 0 Å². The minimum atomic E-state index is -4.59. The maximum absolute atomic E-state index is 13.3. The third kappa shape index (κ3) is 3.97. The molecule has 1 spiro atoms. The molecule has 2 aromatic rings. The third-order valence-corrected chi connectivity index (χ3v) is 7.93. The molecule has 9 heteroatoms. The smallest absolute Gasteiger partial charge is 0.396 e. The average Bonchev–Trinajstić information content (AvgIpc) is 3.36. The van der Waals surface area contributed by atoms with Crippen LogP contribution in [0.2, 0.25) is 0 Å². The van der Waals surface area contributed by atoms with Crippen molar-refractivity contribution in [3.8, 4) is 6.07 Å². The fraction of sp³-hybridized carbons (Fsp3) is 0.478. The van der Waals surface area contributed by atoms with E-state index in [9.17, 15) is 23.1 Å². The number of alkyl halides is 3. The summed E-state index contributed by atoms with van der Waals surface area (Å²) in [4.78, 5) is 17.4. The maximum Gasteiger partial charge on any atom is 0.417 e. The number of nitrogens with zero attached hydrogens (tertiary/aromatic N) is 3. The standard InChI is InChI=1S/C23H24F3N3O2S/c1-15-4-9-32-20(15)21(31)29-12-17(13-30)22(14-29)5-7-28(8-6-22)18-3-2-16(11-27)19(10-18)23(24,25)26/h2-4,9-10,17,30H,5-8,12-14H2,1H3/t17-/m0/s1. The number of likely N-dealkylation sites (tertiary alicyclic amines) is 1. The number of carbonyl (C=O) groups excluding carboxylic acids is 1. The van der Waals surface area contributed by atoms with Gasteiger partial charge in [0.25, 0.3) is 5.91 Å². The number of anilines is 1. The highest BCUT2D eigenvalue weighted by atomic mass is 32.1. The molecule has 5 nitrogen and oxygen atoms in total. The Bertz CT molecular complexity index is 1050. The minimum Gasteiger partial charge on any atom is -0.396 e. The Morgan fingerprint density at radius 2 is 2.03 bits per heavy atom. The Hall–Kier alpha value is -2.57. The van der Waals surface area contributed by atoms with Crippen molar-refractivity contribution in [1.29, 1.82) is 5.26 Å². The Morgan fingerprint density at radius 3 is 2.59 bits per heavy atom. The molecule has 3 heterocycles. The summed E-state index contributed by atoms with van der Waals surface area (Å²) < 4.78 is 40.0. The Morgan fingerprint density at radius 1 is 1.31 bits per heavy atom. The van der Waals surface area contributed by atoms with E-state index in [0.717, 1.165) is 11.6 Å². The van der Waals surface area contributed by atoms with E-state index in [2.05, 4.69) is 0 Å². The monoisotopic (exact) mass is 463 g/mol. The van der Waals surface area contributed by atoms with Gasteiger partial charge in [0.2, 0.25) is 0 Å². The van der Waals surface area contributed by atoms with Crippen LogP contribution in [-0.2, 0) is 6.18 Å². The van der Waals surface area contributed by atoms with Crippen LogP contribution < -0.4 is 4.90 Å². The second kappa shape index (κ2) is 8.41. The van der Waals surface area contributed by atoms with Crippen molar-refractivity contribution in [2.75, 3.05) is 37.7 Å². The fourth-order valence-electron chi connectivity index (χ4n) is 5.01. The molecule has 0 radical (unpaired) electrons. The highest BCUT2D eigenvalue weighted by Crippen LogP contribution is 2.46. The number of piperidine rings is 1. The van der Waals surface area contributed by atoms with Crippen LogP contribution in [0.5, 0.6) is 0 Å². The molecule has 1 atom stereocenters. The summed E-state index contributed by atoms with van der Waals surface area (Å²) in [5, 5.41) is 20.9. The first kappa shape index (κ1) is 22.6. The maximum atomic E-state index is 13.3. The van der Waals surface area contributed by atoms with Gasteiger partial charge in [0.1, 0.15) is 0 Å². The van der Waals surface area contributed by atoms with Crippen molar-refractivity contribution in [1.82, 2.24) is 4.90 Å². The van der Waals surface area contributed by atoms with Crippen molar-refractivity contribution < 1.29 is 23.1 Å². The van der Waals surface area contributed by atoms with Gasteiger partial charge in [-0.1, -0.05) is 0 Å². The summed E-state index contributed by atoms with van der Waals surface area (Å²) in [7, 11) is 0. The number of benzene rings is 1. The predicted molar refractivity (Wildman–Crippen MR) is 116 cm³/mol. The summed E-state index contributed by atoms with van der Waals surface area (Å²) in [6.45, 7) is 3.97. The lowest BCUT2D eigenvalue weighted by Gasteiger charge is -2.43. The number of hydrogen-bond donors (Lipinski definition) is 1. The van der Waals surface area contributed by atoms with Crippen LogP contribution in [0.3, 0.4) is 0 Å². The molecule has 0 aliphatic carbocycles. The van der Waals surface area contributed by atoms with Crippen LogP contribution >= 0.6 is 11.3 Å². The van der Waals surface area contributed by atoms with E-state index in [1.165, 1.54) is 17.4 Å². The van der Waals surface area contributed by atoms with Gasteiger partial charge in [-0.25, -0.2) is 0 Å². The largest absolute Gasteiger partial charge is 0.417 e. The first-order valence-corrected chi connectivity index (χ1v) is 11.4. The highest BCUT2D eigenvalue weighted by molar-refractivity contribution is 7.12. The number of carbonyl (C=O) groups is 1. The lowest BCUT2D eigenvalue weighted by molar-refractivity contribution is -0.137. The zero-order chi connectivity index (χ0) is 23.1. The number of thiophene rings is 1. The summed E-state index contributed by atoms with van der Waals surface area (Å²) >= 11 is 1.42. The first-order valence-electron chi connectivity index (χ1n) is 10.5. The summed E-state index contributed by atoms with van der Waals surface area (Å²) in [6.07, 6.45) is -3.24. The molecular weight excluding hydrogens is 439 g/mol. The molecule has 0 unspecified atom stereocenters. The van der Waals surface area contributed by atoms with E-state index in [-0.39, 0.29) is 29.4 Å². The molecule has 2 fully saturated rings. The summed E-state index contributed by atoms with van der Waals surface area (Å²) in [6, 6.07) is 7.35. The molecule has 170 valence electrons. The van der Waals surface area contributed by atoms with Gasteiger partial charge in [0.05, 0.1) is 22.1 Å². The summed E-state index contributed by atoms with van der Waals surface area (Å²) in [5.74, 6) is -0.0715. The van der Waals surface area contributed by atoms with Crippen molar-refractivity contribution >= 4 is 22.9 Å². The van der Waals surface area contributed by atoms with Crippen LogP contribution in [-0.4, -0.2) is 48.7 Å². The number of aliphatic hydroxyl groups is 1. The average molecular weight is 464 g/mol. The lowest BCUT2D eigenvalue weighted by Crippen LogP contribution is -2.45.